The molecule has 31 heavy (non-hydrogen) atoms. The largest absolute Gasteiger partial charge is 0.378 e. The fraction of sp³-hybridized carbons (Fsp3) is 0.857. The molecule has 0 spiro atoms. The van der Waals surface area contributed by atoms with E-state index in [9.17, 15) is 0 Å². The average molecular weight is 437 g/mol. The molecule has 0 aromatic rings. The van der Waals surface area contributed by atoms with Gasteiger partial charge in [-0.2, -0.15) is 0 Å². The van der Waals surface area contributed by atoms with Crippen LogP contribution in [0.2, 0.25) is 0 Å². The van der Waals surface area contributed by atoms with Gasteiger partial charge in [-0.15, -0.1) is 0 Å². The predicted molar refractivity (Wildman–Crippen MR) is 134 cm³/mol. The first-order chi connectivity index (χ1) is 14.2. The number of hydrogen-bond acceptors (Lipinski definition) is 3. The highest BCUT2D eigenvalue weighted by molar-refractivity contribution is 5.04. The summed E-state index contributed by atoms with van der Waals surface area (Å²) >= 11 is 0. The maximum Gasteiger partial charge on any atom is 0.0664 e. The van der Waals surface area contributed by atoms with Crippen LogP contribution in [0.5, 0.6) is 0 Å². The Bertz CT molecular complexity index is 548. The van der Waals surface area contributed by atoms with Gasteiger partial charge in [0, 0.05) is 6.61 Å². The number of ether oxygens (including phenoxy) is 3. The van der Waals surface area contributed by atoms with Crippen LogP contribution in [0.25, 0.3) is 0 Å². The summed E-state index contributed by atoms with van der Waals surface area (Å²) in [6.07, 6.45) is 13.8. The van der Waals surface area contributed by atoms with Crippen molar-refractivity contribution in [3.8, 4) is 0 Å². The zero-order valence-corrected chi connectivity index (χ0v) is 22.3. The van der Waals surface area contributed by atoms with Crippen molar-refractivity contribution in [1.29, 1.82) is 0 Å². The van der Waals surface area contributed by atoms with E-state index in [2.05, 4.69) is 87.5 Å². The van der Waals surface area contributed by atoms with Crippen LogP contribution in [0.3, 0.4) is 0 Å². The van der Waals surface area contributed by atoms with E-state index in [0.29, 0.717) is 29.1 Å². The van der Waals surface area contributed by atoms with Crippen LogP contribution < -0.4 is 0 Å². The Hall–Kier alpha value is -0.640. The highest BCUT2D eigenvalue weighted by atomic mass is 16.5. The lowest BCUT2D eigenvalue weighted by atomic mass is 9.84. The molecular formula is C28H52O3. The van der Waals surface area contributed by atoms with Crippen molar-refractivity contribution < 1.29 is 14.2 Å². The van der Waals surface area contributed by atoms with Crippen LogP contribution in [-0.2, 0) is 14.2 Å². The van der Waals surface area contributed by atoms with Crippen LogP contribution >= 0.6 is 0 Å². The molecule has 3 aliphatic rings. The van der Waals surface area contributed by atoms with Crippen LogP contribution in [0.1, 0.15) is 101 Å². The van der Waals surface area contributed by atoms with Crippen LogP contribution in [-0.4, -0.2) is 38.1 Å². The first kappa shape index (κ1) is 28.4. The quantitative estimate of drug-likeness (QED) is 0.363. The van der Waals surface area contributed by atoms with Crippen LogP contribution in [0.15, 0.2) is 23.8 Å². The molecule has 0 aliphatic carbocycles. The van der Waals surface area contributed by atoms with Gasteiger partial charge in [-0.25, -0.2) is 0 Å². The first-order valence-electron chi connectivity index (χ1n) is 12.4. The molecule has 0 aromatic carbocycles. The molecule has 3 rings (SSSR count). The lowest BCUT2D eigenvalue weighted by Crippen LogP contribution is -2.32. The SMILES string of the molecule is CC(C)(C)C1CC=CCO1.CC(C)(C)C1CCCCO1.CC1=CCOC(C(C)(C)C)C1. The Balaban J connectivity index is 0.000000233. The highest BCUT2D eigenvalue weighted by Gasteiger charge is 2.28. The number of rotatable bonds is 0. The van der Waals surface area contributed by atoms with Crippen LogP contribution in [0, 0.1) is 16.2 Å². The minimum Gasteiger partial charge on any atom is -0.378 e. The van der Waals surface area contributed by atoms with Gasteiger partial charge in [-0.3, -0.25) is 0 Å². The monoisotopic (exact) mass is 436 g/mol. The van der Waals surface area contributed by atoms with Gasteiger partial charge in [-0.1, -0.05) is 86.1 Å². The van der Waals surface area contributed by atoms with Gasteiger partial charge in [0.25, 0.3) is 0 Å². The zero-order valence-electron chi connectivity index (χ0n) is 22.3. The molecule has 0 amide bonds. The second kappa shape index (κ2) is 12.6. The van der Waals surface area contributed by atoms with Crippen molar-refractivity contribution in [3.05, 3.63) is 23.8 Å². The fourth-order valence-corrected chi connectivity index (χ4v) is 3.85. The molecule has 0 aromatic heterocycles. The summed E-state index contributed by atoms with van der Waals surface area (Å²) in [5.74, 6) is 0. The van der Waals surface area contributed by atoms with Gasteiger partial charge < -0.3 is 14.2 Å². The third-order valence-electron chi connectivity index (χ3n) is 6.22. The Labute approximate surface area is 194 Å². The molecule has 0 bridgehead atoms. The van der Waals surface area contributed by atoms with E-state index in [1.54, 1.807) is 0 Å². The molecule has 3 nitrogen and oxygen atoms in total. The summed E-state index contributed by atoms with van der Waals surface area (Å²) in [6.45, 7) is 24.9. The molecule has 3 aliphatic heterocycles. The molecule has 0 radical (unpaired) electrons. The predicted octanol–water partition coefficient (Wildman–Crippen LogP) is 7.75. The minimum atomic E-state index is 0.287. The Morgan fingerprint density at radius 2 is 1.26 bits per heavy atom. The second-order valence-corrected chi connectivity index (χ2v) is 12.6. The molecule has 3 unspecified atom stereocenters. The van der Waals surface area contributed by atoms with Crippen molar-refractivity contribution in [1.82, 2.24) is 0 Å². The van der Waals surface area contributed by atoms with Gasteiger partial charge >= 0.3 is 0 Å². The van der Waals surface area contributed by atoms with E-state index in [1.165, 1.54) is 24.8 Å². The van der Waals surface area contributed by atoms with Crippen molar-refractivity contribution >= 4 is 0 Å². The topological polar surface area (TPSA) is 27.7 Å². The maximum atomic E-state index is 5.64. The van der Waals surface area contributed by atoms with E-state index >= 15 is 0 Å². The van der Waals surface area contributed by atoms with Crippen molar-refractivity contribution in [2.75, 3.05) is 19.8 Å². The van der Waals surface area contributed by atoms with E-state index in [4.69, 9.17) is 14.2 Å². The molecular weight excluding hydrogens is 384 g/mol. The van der Waals surface area contributed by atoms with Gasteiger partial charge in [0.15, 0.2) is 0 Å². The molecule has 1 saturated heterocycles. The van der Waals surface area contributed by atoms with E-state index in [0.717, 1.165) is 32.7 Å². The molecule has 3 heteroatoms. The smallest absolute Gasteiger partial charge is 0.0664 e. The molecule has 0 N–H and O–H groups in total. The average Bonchev–Trinajstić information content (AvgIpc) is 2.68. The summed E-state index contributed by atoms with van der Waals surface area (Å²) in [7, 11) is 0. The molecule has 182 valence electrons. The first-order valence-corrected chi connectivity index (χ1v) is 12.4. The standard InChI is InChI=1S/C10H18O.C9H18O.C9H16O/c1-8-5-6-11-9(7-8)10(2,3)4;2*1-9(2,3)8-6-4-5-7-10-8/h5,9H,6-7H2,1-4H3;8H,4-7H2,1-3H3;4-5,8H,6-7H2,1-3H3. The van der Waals surface area contributed by atoms with Gasteiger partial charge in [0.1, 0.15) is 0 Å². The summed E-state index contributed by atoms with van der Waals surface area (Å²) < 4.78 is 16.8. The molecule has 1 fully saturated rings. The van der Waals surface area contributed by atoms with Gasteiger partial charge in [0.05, 0.1) is 31.5 Å². The lowest BCUT2D eigenvalue weighted by Gasteiger charge is -2.33. The summed E-state index contributed by atoms with van der Waals surface area (Å²) in [6, 6.07) is 0. The highest BCUT2D eigenvalue weighted by Crippen LogP contribution is 2.30. The van der Waals surface area contributed by atoms with Crippen molar-refractivity contribution in [3.63, 3.8) is 0 Å². The summed E-state index contributed by atoms with van der Waals surface area (Å²) in [5.41, 5.74) is 2.40. The third-order valence-corrected chi connectivity index (χ3v) is 6.22. The normalized spacial score (nSPS) is 27.3. The Morgan fingerprint density at radius 1 is 0.677 bits per heavy atom. The van der Waals surface area contributed by atoms with Gasteiger partial charge in [0.2, 0.25) is 0 Å². The van der Waals surface area contributed by atoms with Crippen molar-refractivity contribution in [2.45, 2.75) is 120 Å². The molecule has 3 heterocycles. The Morgan fingerprint density at radius 3 is 1.58 bits per heavy atom. The lowest BCUT2D eigenvalue weighted by molar-refractivity contribution is -0.0474. The third kappa shape index (κ3) is 11.7. The second-order valence-electron chi connectivity index (χ2n) is 12.6. The summed E-state index contributed by atoms with van der Waals surface area (Å²) in [4.78, 5) is 0. The summed E-state index contributed by atoms with van der Waals surface area (Å²) in [5, 5.41) is 0. The van der Waals surface area contributed by atoms with Gasteiger partial charge in [-0.05, 0) is 55.3 Å². The van der Waals surface area contributed by atoms with Crippen LogP contribution in [0.4, 0.5) is 0 Å². The molecule has 0 saturated carbocycles. The number of hydrogen-bond donors (Lipinski definition) is 0. The Kier molecular flexibility index (Phi) is 11.5. The molecule has 3 atom stereocenters. The van der Waals surface area contributed by atoms with Crippen molar-refractivity contribution in [2.24, 2.45) is 16.2 Å². The van der Waals surface area contributed by atoms with E-state index < -0.39 is 0 Å². The van der Waals surface area contributed by atoms with E-state index in [-0.39, 0.29) is 5.41 Å². The minimum absolute atomic E-state index is 0.287. The zero-order chi connectivity index (χ0) is 23.7. The maximum absolute atomic E-state index is 5.64. The fourth-order valence-electron chi connectivity index (χ4n) is 3.85. The van der Waals surface area contributed by atoms with E-state index in [1.807, 2.05) is 0 Å².